The summed E-state index contributed by atoms with van der Waals surface area (Å²) in [7, 11) is 0. The first-order chi connectivity index (χ1) is 6.27. The molecule has 0 aromatic heterocycles. The summed E-state index contributed by atoms with van der Waals surface area (Å²) in [6.07, 6.45) is 4.02. The van der Waals surface area contributed by atoms with Crippen molar-refractivity contribution in [3.63, 3.8) is 0 Å². The number of aromatic hydroxyl groups is 1. The van der Waals surface area contributed by atoms with Gasteiger partial charge in [0.1, 0.15) is 5.75 Å². The highest BCUT2D eigenvalue weighted by atomic mass is 16.3. The molecule has 1 fully saturated rings. The lowest BCUT2D eigenvalue weighted by atomic mass is 9.90. The molecule has 1 aromatic rings. The first kappa shape index (κ1) is 8.61. The Bertz CT molecular complexity index is 276. The van der Waals surface area contributed by atoms with Crippen molar-refractivity contribution in [2.45, 2.75) is 32.1 Å². The van der Waals surface area contributed by atoms with E-state index < -0.39 is 0 Å². The molecule has 0 aliphatic heterocycles. The van der Waals surface area contributed by atoms with E-state index in [2.05, 4.69) is 19.1 Å². The molecule has 1 aromatic carbocycles. The highest BCUT2D eigenvalue weighted by molar-refractivity contribution is 5.29. The SMILES string of the molecule is CC1CCCC1c1ccc(O)cc1. The molecule has 0 heterocycles. The van der Waals surface area contributed by atoms with Gasteiger partial charge in [-0.05, 0) is 36.0 Å². The van der Waals surface area contributed by atoms with Crippen LogP contribution in [0.4, 0.5) is 0 Å². The molecule has 13 heavy (non-hydrogen) atoms. The van der Waals surface area contributed by atoms with Gasteiger partial charge in [-0.15, -0.1) is 0 Å². The molecular weight excluding hydrogens is 160 g/mol. The minimum Gasteiger partial charge on any atom is -0.508 e. The first-order valence-electron chi connectivity index (χ1n) is 5.06. The normalized spacial score (nSPS) is 27.8. The predicted octanol–water partition coefficient (Wildman–Crippen LogP) is 3.30. The van der Waals surface area contributed by atoms with E-state index in [-0.39, 0.29) is 0 Å². The summed E-state index contributed by atoms with van der Waals surface area (Å²) in [4.78, 5) is 0. The highest BCUT2D eigenvalue weighted by Crippen LogP contribution is 2.39. The molecule has 1 saturated carbocycles. The topological polar surface area (TPSA) is 20.2 Å². The summed E-state index contributed by atoms with van der Waals surface area (Å²) in [5.74, 6) is 1.90. The van der Waals surface area contributed by atoms with Crippen LogP contribution in [0.25, 0.3) is 0 Å². The monoisotopic (exact) mass is 176 g/mol. The Morgan fingerprint density at radius 2 is 1.85 bits per heavy atom. The van der Waals surface area contributed by atoms with Crippen LogP contribution in [0.2, 0.25) is 0 Å². The summed E-state index contributed by atoms with van der Waals surface area (Å²) < 4.78 is 0. The van der Waals surface area contributed by atoms with Gasteiger partial charge in [0.2, 0.25) is 0 Å². The molecule has 1 aliphatic carbocycles. The summed E-state index contributed by atoms with van der Waals surface area (Å²) >= 11 is 0. The minimum absolute atomic E-state index is 0.370. The van der Waals surface area contributed by atoms with Crippen LogP contribution in [0.1, 0.15) is 37.7 Å². The van der Waals surface area contributed by atoms with Crippen LogP contribution in [0, 0.1) is 5.92 Å². The first-order valence-corrected chi connectivity index (χ1v) is 5.06. The van der Waals surface area contributed by atoms with Gasteiger partial charge < -0.3 is 5.11 Å². The van der Waals surface area contributed by atoms with Crippen LogP contribution in [0.3, 0.4) is 0 Å². The third-order valence-electron chi connectivity index (χ3n) is 3.18. The van der Waals surface area contributed by atoms with E-state index in [4.69, 9.17) is 5.11 Å². The zero-order valence-electron chi connectivity index (χ0n) is 8.03. The van der Waals surface area contributed by atoms with E-state index in [0.29, 0.717) is 5.75 Å². The maximum atomic E-state index is 9.17. The van der Waals surface area contributed by atoms with Crippen LogP contribution >= 0.6 is 0 Å². The molecule has 0 amide bonds. The molecular formula is C12H16O. The van der Waals surface area contributed by atoms with Crippen molar-refractivity contribution in [3.8, 4) is 5.75 Å². The van der Waals surface area contributed by atoms with Crippen LogP contribution in [-0.4, -0.2) is 5.11 Å². The van der Waals surface area contributed by atoms with Gasteiger partial charge >= 0.3 is 0 Å². The van der Waals surface area contributed by atoms with E-state index in [1.54, 1.807) is 12.1 Å². The molecule has 0 spiro atoms. The standard InChI is InChI=1S/C12H16O/c1-9-3-2-4-12(9)10-5-7-11(13)8-6-10/h5-9,12-13H,2-4H2,1H3. The second-order valence-electron chi connectivity index (χ2n) is 4.11. The quantitative estimate of drug-likeness (QED) is 0.696. The Morgan fingerprint density at radius 3 is 2.38 bits per heavy atom. The van der Waals surface area contributed by atoms with Crippen molar-refractivity contribution >= 4 is 0 Å². The third-order valence-corrected chi connectivity index (χ3v) is 3.18. The molecule has 2 unspecified atom stereocenters. The number of phenols is 1. The molecule has 1 heteroatoms. The fourth-order valence-corrected chi connectivity index (χ4v) is 2.36. The minimum atomic E-state index is 0.370. The fraction of sp³-hybridized carbons (Fsp3) is 0.500. The maximum absolute atomic E-state index is 9.17. The van der Waals surface area contributed by atoms with Gasteiger partial charge in [0.25, 0.3) is 0 Å². The maximum Gasteiger partial charge on any atom is 0.115 e. The van der Waals surface area contributed by atoms with E-state index in [9.17, 15) is 0 Å². The van der Waals surface area contributed by atoms with Gasteiger partial charge in [-0.25, -0.2) is 0 Å². The van der Waals surface area contributed by atoms with Crippen molar-refractivity contribution in [2.24, 2.45) is 5.92 Å². The largest absolute Gasteiger partial charge is 0.508 e. The average Bonchev–Trinajstić information content (AvgIpc) is 2.53. The molecule has 1 aliphatic rings. The Kier molecular flexibility index (Phi) is 2.26. The van der Waals surface area contributed by atoms with E-state index in [1.807, 2.05) is 0 Å². The number of benzene rings is 1. The molecule has 1 nitrogen and oxygen atoms in total. The molecule has 0 bridgehead atoms. The molecule has 2 rings (SSSR count). The Balaban J connectivity index is 2.20. The van der Waals surface area contributed by atoms with Crippen LogP contribution in [0.15, 0.2) is 24.3 Å². The molecule has 70 valence electrons. The van der Waals surface area contributed by atoms with Crippen LogP contribution in [-0.2, 0) is 0 Å². The Hall–Kier alpha value is -0.980. The number of hydrogen-bond donors (Lipinski definition) is 1. The lowest BCUT2D eigenvalue weighted by Crippen LogP contribution is -2.01. The molecule has 2 atom stereocenters. The summed E-state index contributed by atoms with van der Waals surface area (Å²) in [5.41, 5.74) is 1.39. The van der Waals surface area contributed by atoms with Gasteiger partial charge in [-0.3, -0.25) is 0 Å². The van der Waals surface area contributed by atoms with Crippen LogP contribution < -0.4 is 0 Å². The smallest absolute Gasteiger partial charge is 0.115 e. The van der Waals surface area contributed by atoms with E-state index in [1.165, 1.54) is 24.8 Å². The highest BCUT2D eigenvalue weighted by Gasteiger charge is 2.24. The fourth-order valence-electron chi connectivity index (χ4n) is 2.36. The van der Waals surface area contributed by atoms with Gasteiger partial charge in [-0.1, -0.05) is 31.9 Å². The zero-order chi connectivity index (χ0) is 9.26. The number of hydrogen-bond acceptors (Lipinski definition) is 1. The predicted molar refractivity (Wildman–Crippen MR) is 53.9 cm³/mol. The van der Waals surface area contributed by atoms with E-state index in [0.717, 1.165) is 11.8 Å². The second-order valence-corrected chi connectivity index (χ2v) is 4.11. The van der Waals surface area contributed by atoms with Gasteiger partial charge in [0, 0.05) is 0 Å². The lowest BCUT2D eigenvalue weighted by Gasteiger charge is -2.15. The molecule has 1 N–H and O–H groups in total. The average molecular weight is 176 g/mol. The van der Waals surface area contributed by atoms with Crippen LogP contribution in [0.5, 0.6) is 5.75 Å². The van der Waals surface area contributed by atoms with Crippen molar-refractivity contribution in [2.75, 3.05) is 0 Å². The third kappa shape index (κ3) is 1.69. The number of rotatable bonds is 1. The summed E-state index contributed by atoms with van der Waals surface area (Å²) in [6, 6.07) is 7.70. The number of phenolic OH excluding ortho intramolecular Hbond substituents is 1. The van der Waals surface area contributed by atoms with Gasteiger partial charge in [0.15, 0.2) is 0 Å². The zero-order valence-corrected chi connectivity index (χ0v) is 8.03. The Labute approximate surface area is 79.4 Å². The summed E-state index contributed by atoms with van der Waals surface area (Å²) in [5, 5.41) is 9.17. The second kappa shape index (κ2) is 3.41. The van der Waals surface area contributed by atoms with Crippen molar-refractivity contribution < 1.29 is 5.11 Å². The van der Waals surface area contributed by atoms with Crippen molar-refractivity contribution in [1.29, 1.82) is 0 Å². The van der Waals surface area contributed by atoms with Gasteiger partial charge in [0.05, 0.1) is 0 Å². The molecule has 0 saturated heterocycles. The molecule has 0 radical (unpaired) electrons. The summed E-state index contributed by atoms with van der Waals surface area (Å²) in [6.45, 7) is 2.32. The van der Waals surface area contributed by atoms with Gasteiger partial charge in [-0.2, -0.15) is 0 Å². The van der Waals surface area contributed by atoms with E-state index >= 15 is 0 Å². The van der Waals surface area contributed by atoms with Crippen molar-refractivity contribution in [3.05, 3.63) is 29.8 Å². The van der Waals surface area contributed by atoms with Crippen molar-refractivity contribution in [1.82, 2.24) is 0 Å². The lowest BCUT2D eigenvalue weighted by molar-refractivity contribution is 0.473. The Morgan fingerprint density at radius 1 is 1.15 bits per heavy atom.